The van der Waals surface area contributed by atoms with E-state index in [1.54, 1.807) is 35.8 Å². The highest BCUT2D eigenvalue weighted by Gasteiger charge is 2.32. The third kappa shape index (κ3) is 5.69. The van der Waals surface area contributed by atoms with Crippen LogP contribution in [-0.4, -0.2) is 22.9 Å². The van der Waals surface area contributed by atoms with E-state index >= 15 is 0 Å². The number of amides is 1. The van der Waals surface area contributed by atoms with Gasteiger partial charge < -0.3 is 14.5 Å². The Balaban J connectivity index is 1.41. The van der Waals surface area contributed by atoms with Crippen LogP contribution < -0.4 is 24.9 Å². The number of nitrogens with zero attached hydrogens (tertiary/aromatic N) is 2. The van der Waals surface area contributed by atoms with Gasteiger partial charge in [0.25, 0.3) is 11.5 Å². The summed E-state index contributed by atoms with van der Waals surface area (Å²) in [6, 6.07) is 26.7. The maximum atomic E-state index is 14.0. The van der Waals surface area contributed by atoms with Crippen molar-refractivity contribution < 1.29 is 18.7 Å². The first-order chi connectivity index (χ1) is 21.3. The molecule has 220 valence electrons. The number of Topliss-reactive ketones (excluding diaryl/α,β-unsaturated/α-hetero) is 1. The Morgan fingerprint density at radius 1 is 1.00 bits per heavy atom. The first-order valence-electron chi connectivity index (χ1n) is 14.2. The zero-order valence-electron chi connectivity index (χ0n) is 24.4. The highest BCUT2D eigenvalue weighted by Crippen LogP contribution is 2.32. The van der Waals surface area contributed by atoms with E-state index in [4.69, 9.17) is 14.1 Å². The number of furan rings is 1. The minimum atomic E-state index is -0.709. The fourth-order valence-corrected chi connectivity index (χ4v) is 6.17. The van der Waals surface area contributed by atoms with Crippen molar-refractivity contribution in [1.82, 2.24) is 4.57 Å². The van der Waals surface area contributed by atoms with Gasteiger partial charge in [-0.25, -0.2) is 4.99 Å². The highest BCUT2D eigenvalue weighted by molar-refractivity contribution is 7.07. The van der Waals surface area contributed by atoms with Crippen LogP contribution in [0.1, 0.15) is 48.5 Å². The van der Waals surface area contributed by atoms with Crippen LogP contribution in [0.4, 0.5) is 5.69 Å². The quantitative estimate of drug-likeness (QED) is 0.228. The van der Waals surface area contributed by atoms with E-state index < -0.39 is 6.04 Å². The molecular weight excluding hydrogens is 574 g/mol. The lowest BCUT2D eigenvalue weighted by molar-refractivity contribution is -0.113. The Kier molecular flexibility index (Phi) is 7.95. The third-order valence-electron chi connectivity index (χ3n) is 7.28. The molecule has 1 atom stereocenters. The van der Waals surface area contributed by atoms with E-state index in [2.05, 4.69) is 5.32 Å². The van der Waals surface area contributed by atoms with Crippen molar-refractivity contribution in [2.24, 2.45) is 4.99 Å². The summed E-state index contributed by atoms with van der Waals surface area (Å²) < 4.78 is 13.7. The van der Waals surface area contributed by atoms with Gasteiger partial charge in [0.2, 0.25) is 0 Å². The van der Waals surface area contributed by atoms with E-state index in [-0.39, 0.29) is 17.2 Å². The molecule has 0 saturated carbocycles. The van der Waals surface area contributed by atoms with Gasteiger partial charge in [0.1, 0.15) is 17.3 Å². The van der Waals surface area contributed by atoms with Gasteiger partial charge in [-0.15, -0.1) is 0 Å². The second kappa shape index (κ2) is 12.1. The molecule has 1 amide bonds. The molecule has 0 saturated heterocycles. The molecule has 5 aromatic rings. The molecule has 3 aromatic carbocycles. The zero-order valence-corrected chi connectivity index (χ0v) is 25.2. The monoisotopic (exact) mass is 603 g/mol. The highest BCUT2D eigenvalue weighted by atomic mass is 32.1. The van der Waals surface area contributed by atoms with Gasteiger partial charge in [0, 0.05) is 22.9 Å². The van der Waals surface area contributed by atoms with Gasteiger partial charge in [-0.05, 0) is 62.7 Å². The third-order valence-corrected chi connectivity index (χ3v) is 8.26. The van der Waals surface area contributed by atoms with Gasteiger partial charge >= 0.3 is 0 Å². The number of allylic oxidation sites excluding steroid dienone is 1. The molecule has 8 nitrogen and oxygen atoms in total. The molecule has 1 aliphatic heterocycles. The van der Waals surface area contributed by atoms with Gasteiger partial charge in [-0.2, -0.15) is 0 Å². The molecule has 1 aliphatic rings. The molecule has 0 radical (unpaired) electrons. The van der Waals surface area contributed by atoms with Crippen molar-refractivity contribution in [3.8, 4) is 17.1 Å². The number of fused-ring (bicyclic) bond motifs is 1. The van der Waals surface area contributed by atoms with E-state index in [9.17, 15) is 14.4 Å². The SMILES string of the molecule is CCOc1ccc([C@@H]2C(C(=O)Nc3ccccc3)=C(C)N=c3s/c(=C\c4ccc(-c5ccc(C(C)=O)cc5)o4)c(=O)n32)cc1. The van der Waals surface area contributed by atoms with Crippen LogP contribution in [-0.2, 0) is 4.79 Å². The topological polar surface area (TPSA) is 103 Å². The maximum absolute atomic E-state index is 14.0. The number of carbonyl (C=O) groups is 2. The summed E-state index contributed by atoms with van der Waals surface area (Å²) in [5.41, 5.74) is 3.46. The molecular formula is C35H29N3O5S. The predicted octanol–water partition coefficient (Wildman–Crippen LogP) is 5.74. The van der Waals surface area contributed by atoms with Crippen LogP contribution in [0.25, 0.3) is 17.4 Å². The molecule has 44 heavy (non-hydrogen) atoms. The van der Waals surface area contributed by atoms with Crippen LogP contribution in [0, 0.1) is 0 Å². The largest absolute Gasteiger partial charge is 0.494 e. The van der Waals surface area contributed by atoms with Gasteiger partial charge in [-0.1, -0.05) is 65.9 Å². The first-order valence-corrected chi connectivity index (χ1v) is 15.0. The molecule has 9 heteroatoms. The van der Waals surface area contributed by atoms with Gasteiger partial charge in [-0.3, -0.25) is 19.0 Å². The number of ether oxygens (including phenoxy) is 1. The van der Waals surface area contributed by atoms with Crippen molar-refractivity contribution >= 4 is 34.8 Å². The number of para-hydroxylation sites is 1. The van der Waals surface area contributed by atoms with Crippen LogP contribution in [0.15, 0.2) is 116 Å². The second-order valence-electron chi connectivity index (χ2n) is 10.2. The van der Waals surface area contributed by atoms with Crippen molar-refractivity contribution in [2.75, 3.05) is 11.9 Å². The molecule has 0 aliphatic carbocycles. The number of thiazole rings is 1. The summed E-state index contributed by atoms with van der Waals surface area (Å²) in [6.45, 7) is 5.75. The van der Waals surface area contributed by atoms with Gasteiger partial charge in [0.15, 0.2) is 10.6 Å². The van der Waals surface area contributed by atoms with E-state index in [1.165, 1.54) is 18.3 Å². The lowest BCUT2D eigenvalue weighted by Gasteiger charge is -2.25. The molecule has 3 heterocycles. The summed E-state index contributed by atoms with van der Waals surface area (Å²) in [4.78, 5) is 44.6. The fourth-order valence-electron chi connectivity index (χ4n) is 5.14. The number of carbonyl (C=O) groups excluding carboxylic acids is 2. The Morgan fingerprint density at radius 2 is 1.73 bits per heavy atom. The van der Waals surface area contributed by atoms with Crippen molar-refractivity contribution in [3.63, 3.8) is 0 Å². The van der Waals surface area contributed by atoms with Crippen molar-refractivity contribution in [3.05, 3.63) is 139 Å². The summed E-state index contributed by atoms with van der Waals surface area (Å²) in [6.07, 6.45) is 1.69. The maximum Gasteiger partial charge on any atom is 0.271 e. The number of anilines is 1. The second-order valence-corrected chi connectivity index (χ2v) is 11.2. The van der Waals surface area contributed by atoms with E-state index in [0.717, 1.165) is 11.1 Å². The standard InChI is InChI=1S/C35H29N3O5S/c1-4-42-27-16-14-25(15-17-27)32-31(33(40)37-26-8-6-5-7-9-26)21(2)36-35-38(32)34(41)30(44-35)20-28-18-19-29(43-28)24-12-10-23(11-13-24)22(3)39/h5-20,32H,4H2,1-3H3,(H,37,40)/b30-20-/t32-/m1/s1. The van der Waals surface area contributed by atoms with Crippen LogP contribution in [0.5, 0.6) is 5.75 Å². The van der Waals surface area contributed by atoms with Crippen molar-refractivity contribution in [2.45, 2.75) is 26.8 Å². The molecule has 0 bridgehead atoms. The minimum absolute atomic E-state index is 0.00783. The number of benzene rings is 3. The Hall–Kier alpha value is -5.28. The Bertz CT molecular complexity index is 2070. The number of hydrogen-bond acceptors (Lipinski definition) is 7. The van der Waals surface area contributed by atoms with Crippen LogP contribution in [0.3, 0.4) is 0 Å². The molecule has 0 unspecified atom stereocenters. The van der Waals surface area contributed by atoms with E-state index in [0.29, 0.717) is 55.7 Å². The Labute approximate surface area is 257 Å². The lowest BCUT2D eigenvalue weighted by Crippen LogP contribution is -2.40. The van der Waals surface area contributed by atoms with Crippen LogP contribution >= 0.6 is 11.3 Å². The summed E-state index contributed by atoms with van der Waals surface area (Å²) in [5, 5.41) is 2.96. The first kappa shape index (κ1) is 28.8. The average Bonchev–Trinajstić information content (AvgIpc) is 3.61. The number of aromatic nitrogens is 1. The number of nitrogens with one attached hydrogen (secondary N) is 1. The molecule has 0 fully saturated rings. The van der Waals surface area contributed by atoms with E-state index in [1.807, 2.05) is 79.7 Å². The Morgan fingerprint density at radius 3 is 2.41 bits per heavy atom. The number of hydrogen-bond donors (Lipinski definition) is 1. The molecule has 1 N–H and O–H groups in total. The van der Waals surface area contributed by atoms with Crippen molar-refractivity contribution in [1.29, 1.82) is 0 Å². The van der Waals surface area contributed by atoms with Crippen LogP contribution in [0.2, 0.25) is 0 Å². The molecule has 2 aromatic heterocycles. The van der Waals surface area contributed by atoms with Gasteiger partial charge in [0.05, 0.1) is 28.5 Å². The number of rotatable bonds is 8. The lowest BCUT2D eigenvalue weighted by atomic mass is 9.95. The molecule has 0 spiro atoms. The average molecular weight is 604 g/mol. The normalized spacial score (nSPS) is 14.6. The number of ketones is 1. The smallest absolute Gasteiger partial charge is 0.271 e. The summed E-state index contributed by atoms with van der Waals surface area (Å²) >= 11 is 1.24. The predicted molar refractivity (Wildman–Crippen MR) is 171 cm³/mol. The fraction of sp³-hybridized carbons (Fsp3) is 0.143. The summed E-state index contributed by atoms with van der Waals surface area (Å²) in [7, 11) is 0. The molecule has 6 rings (SSSR count). The minimum Gasteiger partial charge on any atom is -0.494 e. The zero-order chi connectivity index (χ0) is 30.8. The summed E-state index contributed by atoms with van der Waals surface area (Å²) in [5.74, 6) is 1.46.